The summed E-state index contributed by atoms with van der Waals surface area (Å²) in [6.45, 7) is 2.21. The first kappa shape index (κ1) is 10.7. The van der Waals surface area contributed by atoms with Crippen molar-refractivity contribution in [3.05, 3.63) is 5.53 Å². The molecule has 0 rings (SSSR count). The van der Waals surface area contributed by atoms with Crippen molar-refractivity contribution in [1.29, 1.82) is 0 Å². The van der Waals surface area contributed by atoms with Crippen LogP contribution in [0.4, 0.5) is 0 Å². The van der Waals surface area contributed by atoms with Crippen LogP contribution in [0.25, 0.3) is 5.53 Å². The molecule has 0 aliphatic rings. The number of hydrogen-bond acceptors (Lipinski definition) is 3. The van der Waals surface area contributed by atoms with Crippen molar-refractivity contribution in [2.45, 2.75) is 26.2 Å². The van der Waals surface area contributed by atoms with E-state index < -0.39 is 11.9 Å². The maximum absolute atomic E-state index is 10.5. The highest BCUT2D eigenvalue weighted by Gasteiger charge is 2.09. The monoisotopic (exact) mass is 171 g/mol. The Hall–Kier alpha value is -1.26. The van der Waals surface area contributed by atoms with Crippen LogP contribution in [0.1, 0.15) is 26.2 Å². The zero-order chi connectivity index (χ0) is 9.40. The highest BCUT2D eigenvalue weighted by Crippen LogP contribution is 1.94. The third-order valence-corrected chi connectivity index (χ3v) is 1.25. The van der Waals surface area contributed by atoms with E-state index in [0.29, 0.717) is 0 Å². The predicted molar refractivity (Wildman–Crippen MR) is 41.3 cm³/mol. The summed E-state index contributed by atoms with van der Waals surface area (Å²) in [7, 11) is 0. The minimum absolute atomic E-state index is 0.202. The van der Waals surface area contributed by atoms with Crippen LogP contribution in [0.15, 0.2) is 5.11 Å². The summed E-state index contributed by atoms with van der Waals surface area (Å²) < 4.78 is 4.45. The van der Waals surface area contributed by atoms with E-state index in [9.17, 15) is 9.59 Å². The van der Waals surface area contributed by atoms with E-state index in [1.54, 1.807) is 0 Å². The van der Waals surface area contributed by atoms with E-state index in [1.807, 2.05) is 6.92 Å². The molecule has 5 nitrogen and oxygen atoms in total. The third-order valence-electron chi connectivity index (χ3n) is 1.25. The molecule has 0 unspecified atom stereocenters. The lowest BCUT2D eigenvalue weighted by Crippen LogP contribution is -2.15. The van der Waals surface area contributed by atoms with E-state index in [4.69, 9.17) is 5.53 Å². The molecule has 0 atom stereocenters. The minimum Gasteiger partial charge on any atom is -0.703 e. The Kier molecular flexibility index (Phi) is 5.77. The molecule has 0 spiro atoms. The second-order valence-corrected chi connectivity index (χ2v) is 2.25. The van der Waals surface area contributed by atoms with Gasteiger partial charge in [0.15, 0.2) is 0 Å². The zero-order valence-electron chi connectivity index (χ0n) is 6.95. The van der Waals surface area contributed by atoms with Crippen molar-refractivity contribution >= 4 is 11.9 Å². The molecule has 68 valence electrons. The average Bonchev–Trinajstić information content (AvgIpc) is 2.10. The number of esters is 1. The molecule has 0 aromatic rings. The SMILES string of the molecule is CCCCCOC(=O)C(=O)N=[N-]. The van der Waals surface area contributed by atoms with E-state index in [2.05, 4.69) is 9.85 Å². The summed E-state index contributed by atoms with van der Waals surface area (Å²) in [4.78, 5) is 20.8. The molecule has 5 heteroatoms. The van der Waals surface area contributed by atoms with Gasteiger partial charge >= 0.3 is 11.9 Å². The van der Waals surface area contributed by atoms with Crippen LogP contribution in [0.5, 0.6) is 0 Å². The van der Waals surface area contributed by atoms with Crippen molar-refractivity contribution in [3.63, 3.8) is 0 Å². The topological polar surface area (TPSA) is 78.0 Å². The van der Waals surface area contributed by atoms with Crippen LogP contribution in [0, 0.1) is 0 Å². The van der Waals surface area contributed by atoms with Gasteiger partial charge in [-0.3, -0.25) is 4.79 Å². The van der Waals surface area contributed by atoms with Crippen LogP contribution in [0.3, 0.4) is 0 Å². The molecule has 12 heavy (non-hydrogen) atoms. The third kappa shape index (κ3) is 4.54. The predicted octanol–water partition coefficient (Wildman–Crippen LogP) is 1.27. The van der Waals surface area contributed by atoms with Gasteiger partial charge in [0.05, 0.1) is 6.61 Å². The Morgan fingerprint density at radius 3 is 2.58 bits per heavy atom. The quantitative estimate of drug-likeness (QED) is 0.276. The Morgan fingerprint density at radius 2 is 2.08 bits per heavy atom. The smallest absolute Gasteiger partial charge is 0.397 e. The normalized spacial score (nSPS) is 9.08. The van der Waals surface area contributed by atoms with Crippen LogP contribution in [-0.2, 0) is 14.3 Å². The first-order valence-electron chi connectivity index (χ1n) is 3.78. The van der Waals surface area contributed by atoms with Gasteiger partial charge in [-0.05, 0) is 6.42 Å². The van der Waals surface area contributed by atoms with Crippen molar-refractivity contribution in [3.8, 4) is 0 Å². The van der Waals surface area contributed by atoms with E-state index in [-0.39, 0.29) is 6.61 Å². The highest BCUT2D eigenvalue weighted by atomic mass is 16.5. The zero-order valence-corrected chi connectivity index (χ0v) is 6.95. The molecule has 0 fully saturated rings. The molecular weight excluding hydrogens is 160 g/mol. The lowest BCUT2D eigenvalue weighted by molar-refractivity contribution is -0.153. The molecule has 0 saturated carbocycles. The van der Waals surface area contributed by atoms with Crippen molar-refractivity contribution in [2.75, 3.05) is 6.61 Å². The molecule has 0 radical (unpaired) electrons. The Bertz CT molecular complexity index is 179. The molecule has 0 bridgehead atoms. The molecule has 0 saturated heterocycles. The molecule has 0 heterocycles. The van der Waals surface area contributed by atoms with E-state index in [0.717, 1.165) is 19.3 Å². The Balaban J connectivity index is 3.44. The molecular formula is C7H11N2O3-. The molecule has 1 amide bonds. The number of nitrogens with zero attached hydrogens (tertiary/aromatic N) is 2. The lowest BCUT2D eigenvalue weighted by Gasteiger charge is -2.00. The van der Waals surface area contributed by atoms with Gasteiger partial charge in [-0.25, -0.2) is 4.79 Å². The highest BCUT2D eigenvalue weighted by molar-refractivity contribution is 6.32. The van der Waals surface area contributed by atoms with Gasteiger partial charge < -0.3 is 15.4 Å². The van der Waals surface area contributed by atoms with Gasteiger partial charge in [-0.2, -0.15) is 0 Å². The number of carbonyl (C=O) groups excluding carboxylic acids is 2. The number of hydrogen-bond donors (Lipinski definition) is 0. The summed E-state index contributed by atoms with van der Waals surface area (Å²) >= 11 is 0. The van der Waals surface area contributed by atoms with Crippen molar-refractivity contribution < 1.29 is 14.3 Å². The van der Waals surface area contributed by atoms with Gasteiger partial charge in [0, 0.05) is 0 Å². The first-order chi connectivity index (χ1) is 5.72. The Morgan fingerprint density at radius 1 is 1.42 bits per heavy atom. The largest absolute Gasteiger partial charge is 0.703 e. The number of rotatable bonds is 4. The van der Waals surface area contributed by atoms with E-state index in [1.165, 1.54) is 0 Å². The van der Waals surface area contributed by atoms with Crippen molar-refractivity contribution in [1.82, 2.24) is 0 Å². The van der Waals surface area contributed by atoms with Gasteiger partial charge in [0.2, 0.25) is 0 Å². The summed E-state index contributed by atoms with van der Waals surface area (Å²) in [5.74, 6) is -2.36. The summed E-state index contributed by atoms with van der Waals surface area (Å²) in [6.07, 6.45) is 2.68. The second-order valence-electron chi connectivity index (χ2n) is 2.25. The average molecular weight is 171 g/mol. The standard InChI is InChI=1S/C7H11N2O3/c1-2-3-4-5-12-7(11)6(10)9-8/h2-5H2,1H3/q-1. The molecule has 0 aliphatic heterocycles. The van der Waals surface area contributed by atoms with Gasteiger partial charge in [-0.1, -0.05) is 19.8 Å². The van der Waals surface area contributed by atoms with Crippen molar-refractivity contribution in [2.24, 2.45) is 5.11 Å². The maximum atomic E-state index is 10.5. The molecule has 0 N–H and O–H groups in total. The minimum atomic E-state index is -1.26. The van der Waals surface area contributed by atoms with Gasteiger partial charge in [0.1, 0.15) is 0 Å². The number of unbranched alkanes of at least 4 members (excludes halogenated alkanes) is 2. The number of amides is 1. The van der Waals surface area contributed by atoms with Crippen LogP contribution in [0.2, 0.25) is 0 Å². The summed E-state index contributed by atoms with van der Waals surface area (Å²) in [5.41, 5.74) is 7.88. The van der Waals surface area contributed by atoms with Crippen LogP contribution >= 0.6 is 0 Å². The lowest BCUT2D eigenvalue weighted by atomic mass is 10.3. The van der Waals surface area contributed by atoms with Crippen LogP contribution in [-0.4, -0.2) is 18.5 Å². The first-order valence-corrected chi connectivity index (χ1v) is 3.78. The fraction of sp³-hybridized carbons (Fsp3) is 0.714. The fourth-order valence-electron chi connectivity index (χ4n) is 0.619. The number of carbonyl (C=O) groups is 2. The summed E-state index contributed by atoms with van der Waals surface area (Å²) in [6, 6.07) is 0. The summed E-state index contributed by atoms with van der Waals surface area (Å²) in [5, 5.41) is 2.17. The van der Waals surface area contributed by atoms with E-state index >= 15 is 0 Å². The van der Waals surface area contributed by atoms with Crippen LogP contribution < -0.4 is 0 Å². The molecule has 0 aromatic carbocycles. The van der Waals surface area contributed by atoms with Gasteiger partial charge in [0.25, 0.3) is 0 Å². The Labute approximate surface area is 70.6 Å². The number of ether oxygens (including phenoxy) is 1. The fourth-order valence-corrected chi connectivity index (χ4v) is 0.619. The van der Waals surface area contributed by atoms with Gasteiger partial charge in [-0.15, -0.1) is 0 Å². The molecule has 0 aliphatic carbocycles. The molecule has 0 aromatic heterocycles. The maximum Gasteiger partial charge on any atom is 0.397 e. The second kappa shape index (κ2) is 6.45.